The minimum absolute atomic E-state index is 0.282. The molecule has 1 aromatic heterocycles. The fourth-order valence-corrected chi connectivity index (χ4v) is 1.16. The molecular formula is C9H14N4O2. The highest BCUT2D eigenvalue weighted by molar-refractivity contribution is 5.85. The van der Waals surface area contributed by atoms with E-state index in [1.165, 1.54) is 6.07 Å². The summed E-state index contributed by atoms with van der Waals surface area (Å²) in [5.41, 5.74) is 1.36. The second-order valence-electron chi connectivity index (χ2n) is 3.83. The molecule has 0 saturated heterocycles. The molecule has 1 heterocycles. The molecule has 1 amide bonds. The van der Waals surface area contributed by atoms with Crippen molar-refractivity contribution >= 4 is 5.91 Å². The van der Waals surface area contributed by atoms with E-state index in [0.717, 1.165) is 0 Å². The number of H-pyrrole nitrogens is 1. The van der Waals surface area contributed by atoms with Crippen LogP contribution in [0.3, 0.4) is 0 Å². The average Bonchev–Trinajstić information content (AvgIpc) is 2.15. The maximum atomic E-state index is 11.5. The van der Waals surface area contributed by atoms with Crippen LogP contribution in [0.25, 0.3) is 0 Å². The van der Waals surface area contributed by atoms with Gasteiger partial charge in [-0.15, -0.1) is 0 Å². The van der Waals surface area contributed by atoms with Gasteiger partial charge in [0.1, 0.15) is 11.2 Å². The number of nitrogens with zero attached hydrogens (tertiary/aromatic N) is 1. The van der Waals surface area contributed by atoms with Crippen LogP contribution in [0.15, 0.2) is 10.9 Å². The number of rotatable bonds is 2. The van der Waals surface area contributed by atoms with Crippen LogP contribution in [0.4, 0.5) is 0 Å². The number of carbonyl (C=O) groups excluding carboxylic acids is 1. The summed E-state index contributed by atoms with van der Waals surface area (Å²) >= 11 is 0. The van der Waals surface area contributed by atoms with Crippen molar-refractivity contribution in [2.75, 3.05) is 0 Å². The highest BCUT2D eigenvalue weighted by Gasteiger charge is 2.32. The second-order valence-corrected chi connectivity index (χ2v) is 3.83. The van der Waals surface area contributed by atoms with Gasteiger partial charge < -0.3 is 4.98 Å². The Bertz CT molecular complexity index is 436. The van der Waals surface area contributed by atoms with Gasteiger partial charge in [-0.1, -0.05) is 0 Å². The lowest BCUT2D eigenvalue weighted by Gasteiger charge is -2.21. The average molecular weight is 210 g/mol. The van der Waals surface area contributed by atoms with Gasteiger partial charge in [-0.25, -0.2) is 10.8 Å². The molecule has 0 bridgehead atoms. The van der Waals surface area contributed by atoms with E-state index in [2.05, 4.69) is 9.97 Å². The SMILES string of the molecule is Cc1cc(=O)[nH]c(C(C)(C)C(=O)NN)n1. The van der Waals surface area contributed by atoms with Crippen LogP contribution < -0.4 is 16.8 Å². The van der Waals surface area contributed by atoms with E-state index in [0.29, 0.717) is 11.5 Å². The number of aryl methyl sites for hydroxylation is 1. The molecule has 0 fully saturated rings. The third kappa shape index (κ3) is 2.21. The van der Waals surface area contributed by atoms with Gasteiger partial charge in [0.25, 0.3) is 5.56 Å². The maximum Gasteiger partial charge on any atom is 0.251 e. The third-order valence-electron chi connectivity index (χ3n) is 2.16. The molecule has 1 rings (SSSR count). The van der Waals surface area contributed by atoms with Crippen molar-refractivity contribution in [1.82, 2.24) is 15.4 Å². The number of nitrogens with two attached hydrogens (primary N) is 1. The van der Waals surface area contributed by atoms with Crippen molar-refractivity contribution in [1.29, 1.82) is 0 Å². The summed E-state index contributed by atoms with van der Waals surface area (Å²) in [6.45, 7) is 4.95. The minimum atomic E-state index is -0.958. The van der Waals surface area contributed by atoms with E-state index in [4.69, 9.17) is 5.84 Å². The normalized spacial score (nSPS) is 11.2. The van der Waals surface area contributed by atoms with Crippen LogP contribution in [0.2, 0.25) is 0 Å². The van der Waals surface area contributed by atoms with Crippen LogP contribution in [0.5, 0.6) is 0 Å². The van der Waals surface area contributed by atoms with Gasteiger partial charge in [-0.3, -0.25) is 15.0 Å². The van der Waals surface area contributed by atoms with Gasteiger partial charge in [0.2, 0.25) is 5.91 Å². The lowest BCUT2D eigenvalue weighted by atomic mass is 9.91. The summed E-state index contributed by atoms with van der Waals surface area (Å²) in [5, 5.41) is 0. The molecule has 82 valence electrons. The molecule has 15 heavy (non-hydrogen) atoms. The Morgan fingerprint density at radius 3 is 2.67 bits per heavy atom. The number of carbonyl (C=O) groups is 1. The van der Waals surface area contributed by atoms with Crippen molar-refractivity contribution in [3.8, 4) is 0 Å². The van der Waals surface area contributed by atoms with Crippen LogP contribution in [0, 0.1) is 6.92 Å². The number of aromatic nitrogens is 2. The lowest BCUT2D eigenvalue weighted by Crippen LogP contribution is -2.45. The van der Waals surface area contributed by atoms with Crippen LogP contribution in [-0.4, -0.2) is 15.9 Å². The monoisotopic (exact) mass is 210 g/mol. The topological polar surface area (TPSA) is 101 Å². The Morgan fingerprint density at radius 1 is 1.60 bits per heavy atom. The highest BCUT2D eigenvalue weighted by atomic mass is 16.2. The van der Waals surface area contributed by atoms with Gasteiger partial charge in [0, 0.05) is 11.8 Å². The molecule has 6 heteroatoms. The summed E-state index contributed by atoms with van der Waals surface area (Å²) in [6.07, 6.45) is 0. The molecule has 0 radical (unpaired) electrons. The molecule has 0 aliphatic rings. The van der Waals surface area contributed by atoms with Gasteiger partial charge in [0.05, 0.1) is 0 Å². The predicted octanol–water partition coefficient (Wildman–Crippen LogP) is -0.654. The van der Waals surface area contributed by atoms with Crippen molar-refractivity contribution < 1.29 is 4.79 Å². The summed E-state index contributed by atoms with van der Waals surface area (Å²) < 4.78 is 0. The summed E-state index contributed by atoms with van der Waals surface area (Å²) in [5.74, 6) is 4.95. The van der Waals surface area contributed by atoms with E-state index in [-0.39, 0.29) is 5.56 Å². The highest BCUT2D eigenvalue weighted by Crippen LogP contribution is 2.18. The first kappa shape index (κ1) is 11.4. The fraction of sp³-hybridized carbons (Fsp3) is 0.444. The number of amides is 1. The van der Waals surface area contributed by atoms with Crippen molar-refractivity contribution in [3.05, 3.63) is 27.9 Å². The van der Waals surface area contributed by atoms with Crippen molar-refractivity contribution in [3.63, 3.8) is 0 Å². The summed E-state index contributed by atoms with van der Waals surface area (Å²) in [4.78, 5) is 29.3. The van der Waals surface area contributed by atoms with E-state index in [1.807, 2.05) is 5.43 Å². The molecule has 1 aromatic rings. The van der Waals surface area contributed by atoms with Gasteiger partial charge in [0.15, 0.2) is 0 Å². The molecule has 0 aliphatic heterocycles. The quantitative estimate of drug-likeness (QED) is 0.343. The van der Waals surface area contributed by atoms with E-state index >= 15 is 0 Å². The first-order valence-corrected chi connectivity index (χ1v) is 4.47. The predicted molar refractivity (Wildman–Crippen MR) is 55.0 cm³/mol. The zero-order valence-electron chi connectivity index (χ0n) is 8.92. The molecule has 0 atom stereocenters. The standard InChI is InChI=1S/C9H14N4O2/c1-5-4-6(14)12-7(11-5)9(2,3)8(15)13-10/h4H,10H2,1-3H3,(H,13,15)(H,11,12,14). The maximum absolute atomic E-state index is 11.5. The lowest BCUT2D eigenvalue weighted by molar-refractivity contribution is -0.125. The number of aromatic amines is 1. The first-order valence-electron chi connectivity index (χ1n) is 4.47. The summed E-state index contributed by atoms with van der Waals surface area (Å²) in [7, 11) is 0. The van der Waals surface area contributed by atoms with E-state index < -0.39 is 11.3 Å². The Hall–Kier alpha value is -1.69. The number of nitrogens with one attached hydrogen (secondary N) is 2. The minimum Gasteiger partial charge on any atom is -0.310 e. The zero-order chi connectivity index (χ0) is 11.6. The first-order chi connectivity index (χ1) is 6.87. The van der Waals surface area contributed by atoms with Gasteiger partial charge in [-0.2, -0.15) is 0 Å². The second kappa shape index (κ2) is 3.82. The number of hydrogen-bond donors (Lipinski definition) is 3. The van der Waals surface area contributed by atoms with Gasteiger partial charge >= 0.3 is 0 Å². The smallest absolute Gasteiger partial charge is 0.251 e. The Kier molecular flexibility index (Phi) is 2.90. The Morgan fingerprint density at radius 2 is 2.20 bits per heavy atom. The van der Waals surface area contributed by atoms with Crippen LogP contribution in [0.1, 0.15) is 25.4 Å². The molecule has 4 N–H and O–H groups in total. The van der Waals surface area contributed by atoms with E-state index in [9.17, 15) is 9.59 Å². The molecule has 0 aliphatic carbocycles. The fourth-order valence-electron chi connectivity index (χ4n) is 1.16. The Labute approximate surface area is 86.9 Å². The van der Waals surface area contributed by atoms with Crippen molar-refractivity contribution in [2.24, 2.45) is 5.84 Å². The molecule has 0 unspecified atom stereocenters. The molecule has 0 saturated carbocycles. The molecular weight excluding hydrogens is 196 g/mol. The number of hydrazine groups is 1. The van der Waals surface area contributed by atoms with Crippen LogP contribution >= 0.6 is 0 Å². The van der Waals surface area contributed by atoms with Crippen LogP contribution in [-0.2, 0) is 10.2 Å². The number of hydrogen-bond acceptors (Lipinski definition) is 4. The molecule has 6 nitrogen and oxygen atoms in total. The van der Waals surface area contributed by atoms with Crippen molar-refractivity contribution in [2.45, 2.75) is 26.2 Å². The Balaban J connectivity index is 3.26. The van der Waals surface area contributed by atoms with Gasteiger partial charge in [-0.05, 0) is 20.8 Å². The molecule has 0 spiro atoms. The molecule has 0 aromatic carbocycles. The third-order valence-corrected chi connectivity index (χ3v) is 2.16. The van der Waals surface area contributed by atoms with E-state index in [1.54, 1.807) is 20.8 Å². The summed E-state index contributed by atoms with van der Waals surface area (Å²) in [6, 6.07) is 1.36. The zero-order valence-corrected chi connectivity index (χ0v) is 8.92. The largest absolute Gasteiger partial charge is 0.310 e.